The second-order valence-electron chi connectivity index (χ2n) is 8.99. The molecule has 37 heavy (non-hydrogen) atoms. The summed E-state index contributed by atoms with van der Waals surface area (Å²) in [5.41, 5.74) is 4.27. The molecule has 0 N–H and O–H groups in total. The average Bonchev–Trinajstić information content (AvgIpc) is 3.30. The van der Waals surface area contributed by atoms with Crippen LogP contribution in [-0.4, -0.2) is 41.7 Å². The molecular weight excluding hydrogens is 504 g/mol. The number of carbonyl (C=O) groups is 1. The summed E-state index contributed by atoms with van der Waals surface area (Å²) >= 11 is 1.46. The van der Waals surface area contributed by atoms with E-state index in [1.54, 1.807) is 23.2 Å². The molecule has 0 spiro atoms. The van der Waals surface area contributed by atoms with Gasteiger partial charge in [0.1, 0.15) is 0 Å². The Kier molecular flexibility index (Phi) is 8.36. The number of aromatic nitrogens is 2. The first kappa shape index (κ1) is 26.9. The first-order valence-corrected chi connectivity index (χ1v) is 14.7. The van der Waals surface area contributed by atoms with Crippen LogP contribution in [0.3, 0.4) is 0 Å². The van der Waals surface area contributed by atoms with E-state index in [0.717, 1.165) is 34.3 Å². The van der Waals surface area contributed by atoms with Gasteiger partial charge in [-0.3, -0.25) is 14.7 Å². The lowest BCUT2D eigenvalue weighted by Crippen LogP contribution is -2.32. The molecule has 0 radical (unpaired) electrons. The fourth-order valence-corrected chi connectivity index (χ4v) is 6.55. The van der Waals surface area contributed by atoms with Gasteiger partial charge >= 0.3 is 0 Å². The standard InChI is InChI=1S/C28H32N4O3S2/c1-5-7-16-31(6-2)37(34,35)24-13-11-22(12-14-24)27(33)32(19-23-10-8-9-15-29-23)28-30-25-17-20(3)21(4)18-26(25)36-28/h8-15,17-18H,5-7,16,19H2,1-4H3. The van der Waals surface area contributed by atoms with Crippen molar-refractivity contribution in [1.29, 1.82) is 0 Å². The van der Waals surface area contributed by atoms with Gasteiger partial charge in [-0.15, -0.1) is 0 Å². The Hall–Kier alpha value is -3.14. The summed E-state index contributed by atoms with van der Waals surface area (Å²) in [5, 5.41) is 0.573. The fourth-order valence-electron chi connectivity index (χ4n) is 4.02. The van der Waals surface area contributed by atoms with Gasteiger partial charge in [-0.05, 0) is 79.9 Å². The number of anilines is 1. The predicted octanol–water partition coefficient (Wildman–Crippen LogP) is 5.97. The fraction of sp³-hybridized carbons (Fsp3) is 0.321. The van der Waals surface area contributed by atoms with Crippen LogP contribution >= 0.6 is 11.3 Å². The first-order valence-electron chi connectivity index (χ1n) is 12.4. The molecule has 0 fully saturated rings. The van der Waals surface area contributed by atoms with Crippen LogP contribution in [0.5, 0.6) is 0 Å². The Morgan fingerprint density at radius 2 is 1.73 bits per heavy atom. The van der Waals surface area contributed by atoms with Crippen LogP contribution in [0.15, 0.2) is 65.7 Å². The molecule has 9 heteroatoms. The summed E-state index contributed by atoms with van der Waals surface area (Å²) in [6.07, 6.45) is 3.41. The second kappa shape index (κ2) is 11.5. The van der Waals surface area contributed by atoms with Crippen LogP contribution in [0.1, 0.15) is 53.9 Å². The maximum absolute atomic E-state index is 13.8. The first-order chi connectivity index (χ1) is 17.7. The predicted molar refractivity (Wildman–Crippen MR) is 150 cm³/mol. The molecule has 7 nitrogen and oxygen atoms in total. The number of carbonyl (C=O) groups excluding carboxylic acids is 1. The lowest BCUT2D eigenvalue weighted by Gasteiger charge is -2.21. The number of unbranched alkanes of at least 4 members (excludes halogenated alkanes) is 1. The number of amides is 1. The third kappa shape index (κ3) is 5.89. The molecule has 194 valence electrons. The summed E-state index contributed by atoms with van der Waals surface area (Å²) < 4.78 is 28.7. The molecule has 2 aromatic carbocycles. The van der Waals surface area contributed by atoms with Crippen molar-refractivity contribution in [1.82, 2.24) is 14.3 Å². The van der Waals surface area contributed by atoms with Gasteiger partial charge in [-0.25, -0.2) is 13.4 Å². The molecule has 2 aromatic heterocycles. The highest BCUT2D eigenvalue weighted by Crippen LogP contribution is 2.32. The van der Waals surface area contributed by atoms with Crippen molar-refractivity contribution in [2.75, 3.05) is 18.0 Å². The number of aryl methyl sites for hydroxylation is 2. The molecule has 1 amide bonds. The molecule has 0 saturated heterocycles. The van der Waals surface area contributed by atoms with Gasteiger partial charge in [-0.2, -0.15) is 4.31 Å². The molecule has 0 atom stereocenters. The maximum atomic E-state index is 13.8. The molecular formula is C28H32N4O3S2. The minimum Gasteiger partial charge on any atom is -0.278 e. The molecule has 0 aliphatic heterocycles. The van der Waals surface area contributed by atoms with E-state index >= 15 is 0 Å². The largest absolute Gasteiger partial charge is 0.278 e. The van der Waals surface area contributed by atoms with Crippen molar-refractivity contribution < 1.29 is 13.2 Å². The number of fused-ring (bicyclic) bond motifs is 1. The zero-order valence-electron chi connectivity index (χ0n) is 21.6. The van der Waals surface area contributed by atoms with Gasteiger partial charge < -0.3 is 0 Å². The summed E-state index contributed by atoms with van der Waals surface area (Å²) in [6, 6.07) is 15.9. The molecule has 4 aromatic rings. The van der Waals surface area contributed by atoms with Crippen molar-refractivity contribution >= 4 is 42.6 Å². The average molecular weight is 537 g/mol. The Morgan fingerprint density at radius 3 is 2.38 bits per heavy atom. The Balaban J connectivity index is 1.68. The number of hydrogen-bond donors (Lipinski definition) is 0. The van der Waals surface area contributed by atoms with Crippen LogP contribution in [0.25, 0.3) is 10.2 Å². The minimum absolute atomic E-state index is 0.184. The lowest BCUT2D eigenvalue weighted by molar-refractivity contribution is 0.0984. The van der Waals surface area contributed by atoms with Gasteiger partial charge in [0.05, 0.1) is 27.4 Å². The molecule has 0 unspecified atom stereocenters. The zero-order valence-corrected chi connectivity index (χ0v) is 23.3. The Labute approximate surface area is 222 Å². The van der Waals surface area contributed by atoms with Gasteiger partial charge in [0.15, 0.2) is 5.13 Å². The van der Waals surface area contributed by atoms with Gasteiger partial charge in [0.2, 0.25) is 10.0 Å². The summed E-state index contributed by atoms with van der Waals surface area (Å²) in [7, 11) is -3.62. The number of benzene rings is 2. The van der Waals surface area contributed by atoms with Crippen LogP contribution in [0.4, 0.5) is 5.13 Å². The van der Waals surface area contributed by atoms with E-state index < -0.39 is 10.0 Å². The molecule has 4 rings (SSSR count). The minimum atomic E-state index is -3.62. The van der Waals surface area contributed by atoms with Crippen LogP contribution in [0.2, 0.25) is 0 Å². The van der Waals surface area contributed by atoms with E-state index in [4.69, 9.17) is 4.98 Å². The van der Waals surface area contributed by atoms with Gasteiger partial charge in [0.25, 0.3) is 5.91 Å². The number of pyridine rings is 1. The van der Waals surface area contributed by atoms with Crippen molar-refractivity contribution in [3.63, 3.8) is 0 Å². The zero-order chi connectivity index (χ0) is 26.6. The topological polar surface area (TPSA) is 83.5 Å². The smallest absolute Gasteiger partial charge is 0.260 e. The van der Waals surface area contributed by atoms with E-state index in [-0.39, 0.29) is 17.3 Å². The molecule has 0 bridgehead atoms. The SMILES string of the molecule is CCCCN(CC)S(=O)(=O)c1ccc(C(=O)N(Cc2ccccn2)c2nc3cc(C)c(C)cc3s2)cc1. The van der Waals surface area contributed by atoms with E-state index in [2.05, 4.69) is 18.0 Å². The van der Waals surface area contributed by atoms with Gasteiger partial charge in [0, 0.05) is 24.8 Å². The van der Waals surface area contributed by atoms with Crippen molar-refractivity contribution in [3.05, 3.63) is 83.2 Å². The highest BCUT2D eigenvalue weighted by molar-refractivity contribution is 7.89. The normalized spacial score (nSPS) is 11.8. The van der Waals surface area contributed by atoms with E-state index in [0.29, 0.717) is 23.8 Å². The quantitative estimate of drug-likeness (QED) is 0.249. The summed E-state index contributed by atoms with van der Waals surface area (Å²) in [6.45, 7) is 9.09. The third-order valence-corrected chi connectivity index (χ3v) is 9.40. The number of thiazole rings is 1. The van der Waals surface area contributed by atoms with Gasteiger partial charge in [-0.1, -0.05) is 37.7 Å². The summed E-state index contributed by atoms with van der Waals surface area (Å²) in [4.78, 5) is 24.7. The molecule has 0 saturated carbocycles. The van der Waals surface area contributed by atoms with Crippen molar-refractivity contribution in [2.45, 2.75) is 52.0 Å². The van der Waals surface area contributed by atoms with E-state index in [9.17, 15) is 13.2 Å². The summed E-state index contributed by atoms with van der Waals surface area (Å²) in [5.74, 6) is -0.263. The molecule has 0 aliphatic carbocycles. The second-order valence-corrected chi connectivity index (χ2v) is 11.9. The van der Waals surface area contributed by atoms with E-state index in [1.165, 1.54) is 33.3 Å². The molecule has 2 heterocycles. The Bertz CT molecular complexity index is 1440. The monoisotopic (exact) mass is 536 g/mol. The van der Waals surface area contributed by atoms with E-state index in [1.807, 2.05) is 45.0 Å². The number of nitrogens with zero attached hydrogens (tertiary/aromatic N) is 4. The van der Waals surface area contributed by atoms with Crippen LogP contribution in [0, 0.1) is 13.8 Å². The van der Waals surface area contributed by atoms with Crippen LogP contribution < -0.4 is 4.90 Å². The third-order valence-electron chi connectivity index (χ3n) is 6.37. The number of rotatable bonds is 10. The lowest BCUT2D eigenvalue weighted by atomic mass is 10.1. The number of sulfonamides is 1. The van der Waals surface area contributed by atoms with Crippen molar-refractivity contribution in [2.24, 2.45) is 0 Å². The highest BCUT2D eigenvalue weighted by atomic mass is 32.2. The Morgan fingerprint density at radius 1 is 1.00 bits per heavy atom. The number of hydrogen-bond acceptors (Lipinski definition) is 6. The molecule has 0 aliphatic rings. The van der Waals surface area contributed by atoms with Crippen molar-refractivity contribution in [3.8, 4) is 0 Å². The maximum Gasteiger partial charge on any atom is 0.260 e. The highest BCUT2D eigenvalue weighted by Gasteiger charge is 2.25. The van der Waals surface area contributed by atoms with Crippen LogP contribution in [-0.2, 0) is 16.6 Å².